The van der Waals surface area contributed by atoms with Crippen molar-refractivity contribution in [1.29, 1.82) is 0 Å². The summed E-state index contributed by atoms with van der Waals surface area (Å²) in [5.41, 5.74) is 5.18. The van der Waals surface area contributed by atoms with Gasteiger partial charge in [0, 0.05) is 0 Å². The number of nitrogens with two attached hydrogens (primary N) is 1. The molecule has 0 saturated heterocycles. The van der Waals surface area contributed by atoms with Crippen molar-refractivity contribution in [3.05, 3.63) is 0 Å². The second-order valence-electron chi connectivity index (χ2n) is 1.30. The highest BCUT2D eigenvalue weighted by Gasteiger charge is 2.00. The van der Waals surface area contributed by atoms with Crippen molar-refractivity contribution in [2.45, 2.75) is 0 Å². The predicted molar refractivity (Wildman–Crippen MR) is 38.7 cm³/mol. The predicted octanol–water partition coefficient (Wildman–Crippen LogP) is -0.331. The molecule has 6 nitrogen and oxygen atoms in total. The summed E-state index contributed by atoms with van der Waals surface area (Å²) in [6.45, 7) is 0. The van der Waals surface area contributed by atoms with Gasteiger partial charge in [-0.15, -0.1) is 10.2 Å². The van der Waals surface area contributed by atoms with Crippen molar-refractivity contribution in [3.8, 4) is 0 Å². The fourth-order valence-electron chi connectivity index (χ4n) is 0.351. The Hall–Kier alpha value is -0.730. The molecule has 10 heavy (non-hydrogen) atoms. The van der Waals surface area contributed by atoms with E-state index in [1.807, 2.05) is 0 Å². The van der Waals surface area contributed by atoms with Gasteiger partial charge in [-0.2, -0.15) is 0 Å². The van der Waals surface area contributed by atoms with Crippen LogP contribution >= 0.6 is 11.3 Å². The van der Waals surface area contributed by atoms with E-state index in [1.54, 1.807) is 0 Å². The average Bonchev–Trinajstić information content (AvgIpc) is 2.13. The minimum Gasteiger partial charge on any atom is -0.374 e. The van der Waals surface area contributed by atoms with Crippen LogP contribution in [0.1, 0.15) is 0 Å². The molecule has 1 aromatic rings. The van der Waals surface area contributed by atoms with Crippen molar-refractivity contribution in [1.82, 2.24) is 10.2 Å². The van der Waals surface area contributed by atoms with E-state index in [1.165, 1.54) is 0 Å². The minimum atomic E-state index is -2.10. The summed E-state index contributed by atoms with van der Waals surface area (Å²) in [7, 11) is 0. The molecule has 0 aliphatic rings. The molecule has 8 heteroatoms. The van der Waals surface area contributed by atoms with Crippen molar-refractivity contribution in [2.24, 2.45) is 0 Å². The number of nitrogen functional groups attached to an aromatic ring is 1. The first-order chi connectivity index (χ1) is 4.68. The van der Waals surface area contributed by atoms with E-state index in [4.69, 9.17) is 10.3 Å². The fourth-order valence-corrected chi connectivity index (χ4v) is 1.28. The van der Waals surface area contributed by atoms with Crippen LogP contribution in [0.5, 0.6) is 0 Å². The third-order valence-corrected chi connectivity index (χ3v) is 1.78. The monoisotopic (exact) mass is 180 g/mol. The summed E-state index contributed by atoms with van der Waals surface area (Å²) in [5, 5.41) is 7.34. The van der Waals surface area contributed by atoms with Gasteiger partial charge in [-0.25, -0.2) is 4.21 Å². The molecule has 56 valence electrons. The zero-order valence-electron chi connectivity index (χ0n) is 4.64. The first kappa shape index (κ1) is 7.38. The first-order valence-corrected chi connectivity index (χ1v) is 4.07. The van der Waals surface area contributed by atoms with Crippen LogP contribution in [0.2, 0.25) is 0 Å². The summed E-state index contributed by atoms with van der Waals surface area (Å²) in [6, 6.07) is 0. The normalized spacial score (nSPS) is 12.9. The Morgan fingerprint density at radius 1 is 1.70 bits per heavy atom. The van der Waals surface area contributed by atoms with Crippen molar-refractivity contribution in [2.75, 3.05) is 10.5 Å². The highest BCUT2D eigenvalue weighted by Crippen LogP contribution is 2.15. The molecule has 0 saturated carbocycles. The third kappa shape index (κ3) is 1.90. The Bertz CT molecular complexity index is 247. The second kappa shape index (κ2) is 2.90. The molecule has 0 fully saturated rings. The quantitative estimate of drug-likeness (QED) is 0.541. The van der Waals surface area contributed by atoms with Crippen LogP contribution in [0.4, 0.5) is 10.3 Å². The number of anilines is 2. The van der Waals surface area contributed by atoms with Gasteiger partial charge in [0.25, 0.3) is 11.3 Å². The molecule has 1 heterocycles. The molecule has 1 atom stereocenters. The van der Waals surface area contributed by atoms with Gasteiger partial charge >= 0.3 is 0 Å². The molecular formula is C2H4N4O2S2. The lowest BCUT2D eigenvalue weighted by molar-refractivity contribution is 0.570. The molecule has 0 radical (unpaired) electrons. The molecular weight excluding hydrogens is 176 g/mol. The van der Waals surface area contributed by atoms with Crippen LogP contribution in [0.25, 0.3) is 0 Å². The summed E-state index contributed by atoms with van der Waals surface area (Å²) < 4.78 is 20.5. The van der Waals surface area contributed by atoms with Gasteiger partial charge in [0.1, 0.15) is 0 Å². The zero-order valence-corrected chi connectivity index (χ0v) is 6.28. The average molecular weight is 180 g/mol. The summed E-state index contributed by atoms with van der Waals surface area (Å²) in [6.07, 6.45) is 0. The molecule has 0 spiro atoms. The van der Waals surface area contributed by atoms with E-state index in [2.05, 4.69) is 14.9 Å². The largest absolute Gasteiger partial charge is 0.374 e. The maximum absolute atomic E-state index is 10.1. The molecule has 1 unspecified atom stereocenters. The summed E-state index contributed by atoms with van der Waals surface area (Å²) in [4.78, 5) is 0. The van der Waals surface area contributed by atoms with Gasteiger partial charge in [0.05, 0.1) is 0 Å². The Kier molecular flexibility index (Phi) is 2.14. The molecule has 1 aromatic heterocycles. The van der Waals surface area contributed by atoms with Gasteiger partial charge in [-0.1, -0.05) is 11.3 Å². The van der Waals surface area contributed by atoms with Gasteiger partial charge in [0.2, 0.25) is 10.3 Å². The van der Waals surface area contributed by atoms with Gasteiger partial charge in [-0.05, 0) is 0 Å². The maximum Gasteiger partial charge on any atom is 0.261 e. The van der Waals surface area contributed by atoms with Gasteiger partial charge in [0.15, 0.2) is 0 Å². The molecule has 0 aromatic carbocycles. The Morgan fingerprint density at radius 3 is 2.80 bits per heavy atom. The van der Waals surface area contributed by atoms with E-state index in [0.717, 1.165) is 11.3 Å². The van der Waals surface area contributed by atoms with Crippen LogP contribution in [0.15, 0.2) is 0 Å². The van der Waals surface area contributed by atoms with Crippen molar-refractivity contribution < 1.29 is 8.76 Å². The Balaban J connectivity index is 2.67. The number of aromatic nitrogens is 2. The van der Waals surface area contributed by atoms with Crippen molar-refractivity contribution >= 4 is 32.9 Å². The third-order valence-electron chi connectivity index (χ3n) is 0.615. The number of hydrogen-bond donors (Lipinski definition) is 3. The number of nitrogens with zero attached hydrogens (tertiary/aromatic N) is 2. The molecule has 0 amide bonds. The lowest BCUT2D eigenvalue weighted by Gasteiger charge is -1.89. The summed E-state index contributed by atoms with van der Waals surface area (Å²) >= 11 is -1.09. The molecule has 0 aliphatic heterocycles. The van der Waals surface area contributed by atoms with Gasteiger partial charge < -0.3 is 5.73 Å². The molecule has 0 aliphatic carbocycles. The van der Waals surface area contributed by atoms with Crippen LogP contribution in [0.3, 0.4) is 0 Å². The number of rotatable bonds is 2. The van der Waals surface area contributed by atoms with Crippen molar-refractivity contribution in [3.63, 3.8) is 0 Å². The SMILES string of the molecule is Nc1nnc(NS(=O)O)s1. The molecule has 4 N–H and O–H groups in total. The Labute approximate surface area is 62.9 Å². The second-order valence-corrected chi connectivity index (χ2v) is 3.01. The number of hydrogen-bond acceptors (Lipinski definition) is 5. The van der Waals surface area contributed by atoms with Crippen LogP contribution in [0, 0.1) is 0 Å². The fraction of sp³-hybridized carbons (Fsp3) is 0. The maximum atomic E-state index is 10.1. The lowest BCUT2D eigenvalue weighted by Crippen LogP contribution is -2.00. The van der Waals surface area contributed by atoms with E-state index >= 15 is 0 Å². The minimum absolute atomic E-state index is 0.235. The van der Waals surface area contributed by atoms with Crippen LogP contribution in [-0.2, 0) is 11.3 Å². The first-order valence-electron chi connectivity index (χ1n) is 2.15. The van der Waals surface area contributed by atoms with E-state index < -0.39 is 11.3 Å². The zero-order chi connectivity index (χ0) is 7.56. The lowest BCUT2D eigenvalue weighted by atomic mass is 11.3. The van der Waals surface area contributed by atoms with Crippen LogP contribution in [-0.4, -0.2) is 19.0 Å². The smallest absolute Gasteiger partial charge is 0.261 e. The molecule has 1 rings (SSSR count). The highest BCUT2D eigenvalue weighted by atomic mass is 32.2. The van der Waals surface area contributed by atoms with E-state index in [9.17, 15) is 4.21 Å². The standard InChI is InChI=1S/C2H4N4O2S2/c3-1-4-5-2(9-1)6-10(7)8/h(H2,3,4)(H,5,6)(H,7,8). The highest BCUT2D eigenvalue weighted by molar-refractivity contribution is 7.80. The van der Waals surface area contributed by atoms with Gasteiger partial charge in [-0.3, -0.25) is 9.27 Å². The topological polar surface area (TPSA) is 101 Å². The number of nitrogens with one attached hydrogen (secondary N) is 1. The molecule has 0 bridgehead atoms. The Morgan fingerprint density at radius 2 is 2.40 bits per heavy atom. The van der Waals surface area contributed by atoms with E-state index in [-0.39, 0.29) is 10.3 Å². The van der Waals surface area contributed by atoms with Crippen LogP contribution < -0.4 is 10.5 Å². The summed E-state index contributed by atoms with van der Waals surface area (Å²) in [5.74, 6) is 0. The van der Waals surface area contributed by atoms with E-state index in [0.29, 0.717) is 0 Å².